The molecule has 1 saturated heterocycles. The number of hydrogen-bond acceptors (Lipinski definition) is 6. The van der Waals surface area contributed by atoms with Crippen molar-refractivity contribution in [2.45, 2.75) is 19.5 Å². The molecule has 7 nitrogen and oxygen atoms in total. The summed E-state index contributed by atoms with van der Waals surface area (Å²) < 4.78 is 6.05. The van der Waals surface area contributed by atoms with E-state index < -0.39 is 5.97 Å². The van der Waals surface area contributed by atoms with Crippen LogP contribution in [0.5, 0.6) is 0 Å². The van der Waals surface area contributed by atoms with Gasteiger partial charge in [-0.05, 0) is 22.9 Å². The Bertz CT molecular complexity index is 560. The van der Waals surface area contributed by atoms with Crippen molar-refractivity contribution in [3.05, 3.63) is 21.0 Å². The Morgan fingerprint density at radius 2 is 2.40 bits per heavy atom. The molecule has 1 aliphatic heterocycles. The number of halogens is 1. The predicted octanol–water partition coefficient (Wildman–Crippen LogP) is -0.0231. The SMILES string of the molecule is COC(=O)Cn1ncc(N2CCNC(C)C2)c(Br)c1=O. The molecule has 110 valence electrons. The summed E-state index contributed by atoms with van der Waals surface area (Å²) in [6.45, 7) is 4.38. The van der Waals surface area contributed by atoms with Gasteiger partial charge in [-0.1, -0.05) is 0 Å². The molecule has 0 saturated carbocycles. The average molecular weight is 345 g/mol. The lowest BCUT2D eigenvalue weighted by atomic mass is 10.2. The average Bonchev–Trinajstić information content (AvgIpc) is 2.44. The number of nitrogens with one attached hydrogen (secondary N) is 1. The van der Waals surface area contributed by atoms with Crippen molar-refractivity contribution < 1.29 is 9.53 Å². The van der Waals surface area contributed by atoms with E-state index in [0.29, 0.717) is 10.5 Å². The smallest absolute Gasteiger partial charge is 0.327 e. The minimum atomic E-state index is -0.505. The summed E-state index contributed by atoms with van der Waals surface area (Å²) >= 11 is 3.31. The second kappa shape index (κ2) is 6.36. The molecule has 1 atom stereocenters. The zero-order valence-electron chi connectivity index (χ0n) is 11.4. The van der Waals surface area contributed by atoms with Crippen molar-refractivity contribution in [2.24, 2.45) is 0 Å². The maximum atomic E-state index is 12.2. The zero-order chi connectivity index (χ0) is 14.7. The van der Waals surface area contributed by atoms with Gasteiger partial charge in [-0.15, -0.1) is 0 Å². The van der Waals surface area contributed by atoms with Gasteiger partial charge in [-0.25, -0.2) is 4.68 Å². The fourth-order valence-corrected chi connectivity index (χ4v) is 2.69. The molecule has 1 N–H and O–H groups in total. The molecule has 1 aromatic rings. The fraction of sp³-hybridized carbons (Fsp3) is 0.583. The normalized spacial score (nSPS) is 18.9. The second-order valence-corrected chi connectivity index (χ2v) is 5.48. The molecule has 1 fully saturated rings. The van der Waals surface area contributed by atoms with E-state index in [9.17, 15) is 9.59 Å². The number of carbonyl (C=O) groups excluding carboxylic acids is 1. The van der Waals surface area contributed by atoms with Gasteiger partial charge in [0.15, 0.2) is 0 Å². The summed E-state index contributed by atoms with van der Waals surface area (Å²) in [5, 5.41) is 7.38. The standard InChI is InChI=1S/C12H17BrN4O3/c1-8-6-16(4-3-14-8)9-5-15-17(7-10(18)20-2)12(19)11(9)13/h5,8,14H,3-4,6-7H2,1-2H3. The molecule has 1 aliphatic rings. The van der Waals surface area contributed by atoms with Gasteiger partial charge in [0, 0.05) is 25.7 Å². The number of ether oxygens (including phenoxy) is 1. The molecular formula is C12H17BrN4O3. The molecule has 0 radical (unpaired) electrons. The lowest BCUT2D eigenvalue weighted by molar-refractivity contribution is -0.141. The van der Waals surface area contributed by atoms with Gasteiger partial charge >= 0.3 is 5.97 Å². The van der Waals surface area contributed by atoms with Crippen molar-refractivity contribution in [2.75, 3.05) is 31.6 Å². The molecule has 1 unspecified atom stereocenters. The highest BCUT2D eigenvalue weighted by Gasteiger charge is 2.20. The van der Waals surface area contributed by atoms with Crippen LogP contribution in [0.15, 0.2) is 15.5 Å². The van der Waals surface area contributed by atoms with Crippen LogP contribution in [0, 0.1) is 0 Å². The van der Waals surface area contributed by atoms with Gasteiger partial charge in [0.2, 0.25) is 0 Å². The first-order chi connectivity index (χ1) is 9.52. The fourth-order valence-electron chi connectivity index (χ4n) is 2.13. The Kier molecular flexibility index (Phi) is 4.77. The molecule has 0 bridgehead atoms. The van der Waals surface area contributed by atoms with E-state index in [4.69, 9.17) is 0 Å². The Morgan fingerprint density at radius 3 is 3.05 bits per heavy atom. The number of aromatic nitrogens is 2. The molecule has 2 heterocycles. The summed E-state index contributed by atoms with van der Waals surface area (Å²) in [7, 11) is 1.28. The van der Waals surface area contributed by atoms with Gasteiger partial charge in [0.25, 0.3) is 5.56 Å². The molecule has 8 heteroatoms. The highest BCUT2D eigenvalue weighted by atomic mass is 79.9. The van der Waals surface area contributed by atoms with Gasteiger partial charge < -0.3 is 15.0 Å². The van der Waals surface area contributed by atoms with Crippen molar-refractivity contribution in [1.29, 1.82) is 0 Å². The van der Waals surface area contributed by atoms with Crippen LogP contribution in [0.4, 0.5) is 5.69 Å². The number of esters is 1. The molecule has 0 aromatic carbocycles. The minimum Gasteiger partial charge on any atom is -0.468 e. The first kappa shape index (κ1) is 15.0. The highest BCUT2D eigenvalue weighted by molar-refractivity contribution is 9.10. The third-order valence-electron chi connectivity index (χ3n) is 3.18. The minimum absolute atomic E-state index is 0.188. The van der Waals surface area contributed by atoms with E-state index in [1.807, 2.05) is 0 Å². The van der Waals surface area contributed by atoms with Crippen molar-refractivity contribution in [3.63, 3.8) is 0 Å². The Labute approximate surface area is 125 Å². The number of carbonyl (C=O) groups is 1. The van der Waals surface area contributed by atoms with Crippen LogP contribution >= 0.6 is 15.9 Å². The van der Waals surface area contributed by atoms with Crippen LogP contribution in [-0.2, 0) is 16.1 Å². The summed E-state index contributed by atoms with van der Waals surface area (Å²) in [4.78, 5) is 25.5. The number of nitrogens with zero attached hydrogens (tertiary/aromatic N) is 3. The largest absolute Gasteiger partial charge is 0.468 e. The van der Waals surface area contributed by atoms with E-state index in [1.165, 1.54) is 7.11 Å². The maximum absolute atomic E-state index is 12.2. The van der Waals surface area contributed by atoms with Crippen LogP contribution in [0.3, 0.4) is 0 Å². The Morgan fingerprint density at radius 1 is 1.65 bits per heavy atom. The van der Waals surface area contributed by atoms with Gasteiger partial charge in [0.1, 0.15) is 11.0 Å². The van der Waals surface area contributed by atoms with Crippen LogP contribution in [0.2, 0.25) is 0 Å². The molecule has 0 amide bonds. The summed E-state index contributed by atoms with van der Waals surface area (Å²) in [6.07, 6.45) is 1.60. The van der Waals surface area contributed by atoms with E-state index in [0.717, 1.165) is 30.0 Å². The molecule has 2 rings (SSSR count). The molecule has 0 aliphatic carbocycles. The number of rotatable bonds is 3. The number of methoxy groups -OCH3 is 1. The topological polar surface area (TPSA) is 76.5 Å². The van der Waals surface area contributed by atoms with Gasteiger partial charge in [0.05, 0.1) is 19.0 Å². The van der Waals surface area contributed by atoms with Crippen molar-refractivity contribution in [3.8, 4) is 0 Å². The lowest BCUT2D eigenvalue weighted by Gasteiger charge is -2.33. The van der Waals surface area contributed by atoms with Crippen molar-refractivity contribution in [1.82, 2.24) is 15.1 Å². The van der Waals surface area contributed by atoms with E-state index in [2.05, 4.69) is 42.9 Å². The first-order valence-electron chi connectivity index (χ1n) is 6.33. The monoisotopic (exact) mass is 344 g/mol. The lowest BCUT2D eigenvalue weighted by Crippen LogP contribution is -2.49. The van der Waals surface area contributed by atoms with Crippen molar-refractivity contribution >= 4 is 27.6 Å². The molecule has 0 spiro atoms. The Balaban J connectivity index is 2.26. The highest BCUT2D eigenvalue weighted by Crippen LogP contribution is 2.22. The number of anilines is 1. The van der Waals surface area contributed by atoms with E-state index in [1.54, 1.807) is 6.20 Å². The van der Waals surface area contributed by atoms with E-state index >= 15 is 0 Å². The second-order valence-electron chi connectivity index (χ2n) is 4.68. The third-order valence-corrected chi connectivity index (χ3v) is 3.93. The van der Waals surface area contributed by atoms with Gasteiger partial charge in [-0.3, -0.25) is 9.59 Å². The van der Waals surface area contributed by atoms with Crippen LogP contribution in [0.25, 0.3) is 0 Å². The summed E-state index contributed by atoms with van der Waals surface area (Å²) in [5.41, 5.74) is 0.420. The first-order valence-corrected chi connectivity index (χ1v) is 7.13. The molecule has 20 heavy (non-hydrogen) atoms. The van der Waals surface area contributed by atoms with Crippen LogP contribution in [-0.4, -0.2) is 48.5 Å². The quantitative estimate of drug-likeness (QED) is 0.776. The van der Waals surface area contributed by atoms with E-state index in [-0.39, 0.29) is 12.1 Å². The third kappa shape index (κ3) is 3.18. The van der Waals surface area contributed by atoms with Gasteiger partial charge in [-0.2, -0.15) is 5.10 Å². The summed E-state index contributed by atoms with van der Waals surface area (Å²) in [6, 6.07) is 0.355. The summed E-state index contributed by atoms with van der Waals surface area (Å²) in [5.74, 6) is -0.505. The van der Waals surface area contributed by atoms with Crippen LogP contribution < -0.4 is 15.8 Å². The zero-order valence-corrected chi connectivity index (χ0v) is 13.0. The molecular weight excluding hydrogens is 328 g/mol. The Hall–Kier alpha value is -1.41. The number of hydrogen-bond donors (Lipinski definition) is 1. The predicted molar refractivity (Wildman–Crippen MR) is 77.9 cm³/mol. The number of piperazine rings is 1. The van der Waals surface area contributed by atoms with Crippen LogP contribution in [0.1, 0.15) is 6.92 Å². The maximum Gasteiger partial charge on any atom is 0.327 e. The molecule has 1 aromatic heterocycles.